The molecule has 2 aromatic rings. The van der Waals surface area contributed by atoms with E-state index in [2.05, 4.69) is 9.39 Å². The molecule has 160 valence electrons. The van der Waals surface area contributed by atoms with Gasteiger partial charge in [-0.3, -0.25) is 4.67 Å². The number of hydrogen-bond acceptors (Lipinski definition) is 5. The molecule has 0 aromatic heterocycles. The van der Waals surface area contributed by atoms with Crippen molar-refractivity contribution >= 4 is 9.39 Å². The van der Waals surface area contributed by atoms with E-state index in [4.69, 9.17) is 14.2 Å². The van der Waals surface area contributed by atoms with Gasteiger partial charge in [0.1, 0.15) is 35.3 Å². The quantitative estimate of drug-likeness (QED) is 0.735. The molecule has 0 bridgehead atoms. The maximum absolute atomic E-state index is 13.5. The van der Waals surface area contributed by atoms with Gasteiger partial charge in [0.25, 0.3) is 0 Å². The third-order valence-corrected chi connectivity index (χ3v) is 6.48. The van der Waals surface area contributed by atoms with Crippen LogP contribution in [0.2, 0.25) is 0 Å². The number of hydrogen-bond donors (Lipinski definition) is 1. The zero-order chi connectivity index (χ0) is 20.9. The van der Waals surface area contributed by atoms with Crippen molar-refractivity contribution in [3.05, 3.63) is 59.2 Å². The average molecular weight is 435 g/mol. The molecule has 1 N–H and O–H groups in total. The zero-order valence-electron chi connectivity index (χ0n) is 16.4. The molecule has 0 saturated carbocycles. The Morgan fingerprint density at radius 2 is 1.57 bits per heavy atom. The highest BCUT2D eigenvalue weighted by Crippen LogP contribution is 2.38. The van der Waals surface area contributed by atoms with E-state index in [1.807, 2.05) is 4.67 Å². The summed E-state index contributed by atoms with van der Waals surface area (Å²) < 4.78 is 47.2. The number of nitrogens with zero attached hydrogens (tertiary/aromatic N) is 1. The standard InChI is InChI=1S/C22H24F2NO4P/c23-15-3-6-17-13(9-15)1-5-19(27-17)20-11-25(30)12-22(26,29-20)21-8-2-14-10-16(24)4-7-18(14)28-21/h3-4,6-7,9-10,19-21,26H,1-2,5,8,11-12,30H2/t19-,20?,21?,22?/m1/s1. The van der Waals surface area contributed by atoms with Gasteiger partial charge in [0.05, 0.1) is 6.54 Å². The highest BCUT2D eigenvalue weighted by Gasteiger charge is 2.49. The summed E-state index contributed by atoms with van der Waals surface area (Å²) in [4.78, 5) is 0. The minimum Gasteiger partial charge on any atom is -0.487 e. The Labute approximate surface area is 176 Å². The van der Waals surface area contributed by atoms with Crippen molar-refractivity contribution in [1.82, 2.24) is 4.67 Å². The number of β-amino-alcohol motifs (C(OH)–C–C–N with tert-alkyl or cyclic N) is 1. The van der Waals surface area contributed by atoms with E-state index in [-0.39, 0.29) is 30.4 Å². The number of morpholine rings is 1. The average Bonchev–Trinajstić information content (AvgIpc) is 2.72. The van der Waals surface area contributed by atoms with Gasteiger partial charge in [-0.25, -0.2) is 8.78 Å². The maximum Gasteiger partial charge on any atom is 0.217 e. The summed E-state index contributed by atoms with van der Waals surface area (Å²) in [5.74, 6) is -0.861. The van der Waals surface area contributed by atoms with Crippen LogP contribution in [0.5, 0.6) is 11.5 Å². The van der Waals surface area contributed by atoms with Crippen molar-refractivity contribution in [1.29, 1.82) is 0 Å². The van der Waals surface area contributed by atoms with Crippen molar-refractivity contribution in [2.24, 2.45) is 0 Å². The Kier molecular flexibility index (Phi) is 5.18. The van der Waals surface area contributed by atoms with E-state index < -0.39 is 11.9 Å². The summed E-state index contributed by atoms with van der Waals surface area (Å²) in [6.07, 6.45) is 1.26. The van der Waals surface area contributed by atoms with Gasteiger partial charge >= 0.3 is 0 Å². The van der Waals surface area contributed by atoms with Crippen LogP contribution in [-0.2, 0) is 17.6 Å². The molecule has 8 heteroatoms. The van der Waals surface area contributed by atoms with E-state index in [0.29, 0.717) is 43.7 Å². The van der Waals surface area contributed by atoms with Crippen LogP contribution in [0.3, 0.4) is 0 Å². The minimum atomic E-state index is -1.52. The summed E-state index contributed by atoms with van der Waals surface area (Å²) in [5, 5.41) is 11.4. The molecule has 5 nitrogen and oxygen atoms in total. The molecule has 3 aliphatic rings. The van der Waals surface area contributed by atoms with Crippen molar-refractivity contribution in [2.45, 2.75) is 49.8 Å². The molecule has 0 amide bonds. The summed E-state index contributed by atoms with van der Waals surface area (Å²) in [7, 11) is 2.63. The van der Waals surface area contributed by atoms with E-state index in [9.17, 15) is 13.9 Å². The van der Waals surface area contributed by atoms with Crippen LogP contribution >= 0.6 is 9.39 Å². The lowest BCUT2D eigenvalue weighted by atomic mass is 9.94. The predicted molar refractivity (Wildman–Crippen MR) is 109 cm³/mol. The van der Waals surface area contributed by atoms with E-state index in [0.717, 1.165) is 11.1 Å². The van der Waals surface area contributed by atoms with Crippen LogP contribution in [0, 0.1) is 11.6 Å². The lowest BCUT2D eigenvalue weighted by Crippen LogP contribution is -2.63. The largest absolute Gasteiger partial charge is 0.487 e. The number of aryl methyl sites for hydroxylation is 2. The molecule has 0 aliphatic carbocycles. The predicted octanol–water partition coefficient (Wildman–Crippen LogP) is 3.23. The van der Waals surface area contributed by atoms with Gasteiger partial charge in [-0.2, -0.15) is 0 Å². The Morgan fingerprint density at radius 1 is 0.933 bits per heavy atom. The highest BCUT2D eigenvalue weighted by atomic mass is 31.0. The molecular weight excluding hydrogens is 411 g/mol. The van der Waals surface area contributed by atoms with E-state index in [1.54, 1.807) is 12.1 Å². The van der Waals surface area contributed by atoms with E-state index >= 15 is 0 Å². The third-order valence-electron chi connectivity index (χ3n) is 6.08. The summed E-state index contributed by atoms with van der Waals surface area (Å²) in [5.41, 5.74) is 1.64. The minimum absolute atomic E-state index is 0.261. The fourth-order valence-corrected chi connectivity index (χ4v) is 5.08. The number of halogens is 2. The highest BCUT2D eigenvalue weighted by molar-refractivity contribution is 7.13. The van der Waals surface area contributed by atoms with Gasteiger partial charge in [0.2, 0.25) is 5.79 Å². The first-order valence-corrected chi connectivity index (χ1v) is 10.7. The molecule has 5 atom stereocenters. The molecule has 0 spiro atoms. The van der Waals surface area contributed by atoms with Crippen LogP contribution in [0.4, 0.5) is 8.78 Å². The molecular formula is C22H24F2NO4P. The van der Waals surface area contributed by atoms with Crippen LogP contribution in [0.25, 0.3) is 0 Å². The number of aliphatic hydroxyl groups is 1. The van der Waals surface area contributed by atoms with Crippen LogP contribution in [0.1, 0.15) is 24.0 Å². The van der Waals surface area contributed by atoms with Crippen molar-refractivity contribution in [3.63, 3.8) is 0 Å². The fourth-order valence-electron chi connectivity index (χ4n) is 4.61. The zero-order valence-corrected chi connectivity index (χ0v) is 17.5. The Morgan fingerprint density at radius 3 is 2.27 bits per heavy atom. The molecule has 1 fully saturated rings. The molecule has 4 unspecified atom stereocenters. The van der Waals surface area contributed by atoms with Crippen LogP contribution < -0.4 is 9.47 Å². The monoisotopic (exact) mass is 435 g/mol. The SMILES string of the molecule is OC1(C2CCc3cc(F)ccc3O2)CN(P)CC([C@H]2CCc3cc(F)ccc3O2)O1. The van der Waals surface area contributed by atoms with E-state index in [1.165, 1.54) is 24.3 Å². The topological polar surface area (TPSA) is 51.2 Å². The van der Waals surface area contributed by atoms with Gasteiger partial charge in [0, 0.05) is 6.54 Å². The maximum atomic E-state index is 13.5. The lowest BCUT2D eigenvalue weighted by Gasteiger charge is -2.48. The van der Waals surface area contributed by atoms with Crippen LogP contribution in [0.15, 0.2) is 36.4 Å². The number of fused-ring (bicyclic) bond motifs is 2. The first-order valence-electron chi connectivity index (χ1n) is 10.2. The second kappa shape index (κ2) is 7.72. The molecule has 3 aliphatic heterocycles. The van der Waals surface area contributed by atoms with Gasteiger partial charge < -0.3 is 19.3 Å². The first-order chi connectivity index (χ1) is 14.4. The second-order valence-electron chi connectivity index (χ2n) is 8.27. The van der Waals surface area contributed by atoms with Crippen molar-refractivity contribution in [2.75, 3.05) is 13.1 Å². The Bertz CT molecular complexity index is 961. The third kappa shape index (κ3) is 3.80. The smallest absolute Gasteiger partial charge is 0.217 e. The molecule has 2 aromatic carbocycles. The van der Waals surface area contributed by atoms with Crippen molar-refractivity contribution < 1.29 is 28.1 Å². The van der Waals surface area contributed by atoms with Gasteiger partial charge in [-0.05, 0) is 73.2 Å². The van der Waals surface area contributed by atoms with Gasteiger partial charge in [0.15, 0.2) is 6.10 Å². The summed E-state index contributed by atoms with van der Waals surface area (Å²) in [6, 6.07) is 8.95. The molecule has 3 heterocycles. The first kappa shape index (κ1) is 20.1. The second-order valence-corrected chi connectivity index (χ2v) is 9.01. The van der Waals surface area contributed by atoms with Crippen LogP contribution in [-0.4, -0.2) is 47.0 Å². The molecule has 30 heavy (non-hydrogen) atoms. The summed E-state index contributed by atoms with van der Waals surface area (Å²) >= 11 is 0. The fraction of sp³-hybridized carbons (Fsp3) is 0.455. The number of rotatable bonds is 2. The van der Waals surface area contributed by atoms with Crippen molar-refractivity contribution in [3.8, 4) is 11.5 Å². The van der Waals surface area contributed by atoms with Gasteiger partial charge in [-0.1, -0.05) is 9.39 Å². The molecule has 5 rings (SSSR count). The Balaban J connectivity index is 1.33. The normalized spacial score (nSPS) is 31.3. The number of ether oxygens (including phenoxy) is 3. The number of benzene rings is 2. The lowest BCUT2D eigenvalue weighted by molar-refractivity contribution is -0.305. The van der Waals surface area contributed by atoms with Gasteiger partial charge in [-0.15, -0.1) is 0 Å². The molecule has 1 saturated heterocycles. The summed E-state index contributed by atoms with van der Waals surface area (Å²) in [6.45, 7) is 0.840. The Hall–Kier alpha value is -1.79. The molecule has 0 radical (unpaired) electrons.